The van der Waals surface area contributed by atoms with Gasteiger partial charge in [0.1, 0.15) is 5.75 Å². The highest BCUT2D eigenvalue weighted by Crippen LogP contribution is 2.26. The quantitative estimate of drug-likeness (QED) is 0.571. The van der Waals surface area contributed by atoms with Gasteiger partial charge in [-0.1, -0.05) is 18.6 Å². The number of hydrogen-bond acceptors (Lipinski definition) is 4. The average molecular weight is 416 g/mol. The van der Waals surface area contributed by atoms with Crippen LogP contribution in [-0.2, 0) is 4.79 Å². The first-order valence-electron chi connectivity index (χ1n) is 11.3. The van der Waals surface area contributed by atoms with Gasteiger partial charge in [-0.05, 0) is 50.6 Å². The highest BCUT2D eigenvalue weighted by Gasteiger charge is 2.24. The Kier molecular flexibility index (Phi) is 8.37. The number of likely N-dealkylation sites (tertiary alicyclic amines) is 1. The molecule has 7 heteroatoms. The van der Waals surface area contributed by atoms with Crippen LogP contribution in [0.15, 0.2) is 29.3 Å². The number of amides is 1. The predicted octanol–water partition coefficient (Wildman–Crippen LogP) is 2.35. The summed E-state index contributed by atoms with van der Waals surface area (Å²) in [6.45, 7) is 10.7. The van der Waals surface area contributed by atoms with Crippen LogP contribution in [0.5, 0.6) is 5.75 Å². The van der Waals surface area contributed by atoms with E-state index in [0.29, 0.717) is 0 Å². The van der Waals surface area contributed by atoms with Crippen molar-refractivity contribution < 1.29 is 9.53 Å². The summed E-state index contributed by atoms with van der Waals surface area (Å²) in [6, 6.07) is 8.70. The number of piperidine rings is 1. The molecule has 30 heavy (non-hydrogen) atoms. The highest BCUT2D eigenvalue weighted by atomic mass is 16.5. The highest BCUT2D eigenvalue weighted by molar-refractivity contribution is 5.80. The van der Waals surface area contributed by atoms with Gasteiger partial charge in [0.05, 0.1) is 19.7 Å². The summed E-state index contributed by atoms with van der Waals surface area (Å²) in [5, 5.41) is 3.46. The van der Waals surface area contributed by atoms with Crippen LogP contribution in [0, 0.1) is 0 Å². The lowest BCUT2D eigenvalue weighted by Crippen LogP contribution is -2.53. The minimum absolute atomic E-state index is 0.154. The summed E-state index contributed by atoms with van der Waals surface area (Å²) in [7, 11) is 1.70. The van der Waals surface area contributed by atoms with Gasteiger partial charge in [0.15, 0.2) is 5.96 Å². The number of hydrogen-bond donors (Lipinski definition) is 1. The molecule has 1 aromatic carbocycles. The Bertz CT molecular complexity index is 692. The van der Waals surface area contributed by atoms with Gasteiger partial charge in [0, 0.05) is 39.6 Å². The Hall–Kier alpha value is -2.28. The maximum absolute atomic E-state index is 11.6. The Morgan fingerprint density at radius 1 is 1.03 bits per heavy atom. The summed E-state index contributed by atoms with van der Waals surface area (Å²) in [6.07, 6.45) is 3.82. The molecule has 0 aromatic heterocycles. The van der Waals surface area contributed by atoms with Gasteiger partial charge >= 0.3 is 0 Å². The number of piperazine rings is 1. The second-order valence-corrected chi connectivity index (χ2v) is 8.07. The van der Waals surface area contributed by atoms with E-state index in [9.17, 15) is 4.79 Å². The molecule has 0 spiro atoms. The van der Waals surface area contributed by atoms with E-state index in [-0.39, 0.29) is 11.9 Å². The Labute approximate surface area is 181 Å². The van der Waals surface area contributed by atoms with Gasteiger partial charge in [-0.3, -0.25) is 14.7 Å². The van der Waals surface area contributed by atoms with Crippen molar-refractivity contribution in [1.29, 1.82) is 0 Å². The summed E-state index contributed by atoms with van der Waals surface area (Å²) in [5.41, 5.74) is 1.29. The number of rotatable bonds is 6. The molecule has 166 valence electrons. The number of guanidine groups is 1. The molecule has 2 aliphatic rings. The van der Waals surface area contributed by atoms with E-state index >= 15 is 0 Å². The first kappa shape index (κ1) is 22.4. The molecule has 1 aromatic rings. The molecule has 2 fully saturated rings. The summed E-state index contributed by atoms with van der Waals surface area (Å²) in [4.78, 5) is 23.5. The van der Waals surface area contributed by atoms with Gasteiger partial charge in [-0.15, -0.1) is 0 Å². The molecule has 0 radical (unpaired) electrons. The number of nitrogens with zero attached hydrogens (tertiary/aromatic N) is 4. The van der Waals surface area contributed by atoms with Crippen LogP contribution in [0.2, 0.25) is 0 Å². The van der Waals surface area contributed by atoms with Crippen molar-refractivity contribution in [2.45, 2.75) is 39.2 Å². The van der Waals surface area contributed by atoms with Crippen LogP contribution < -0.4 is 10.1 Å². The first-order valence-corrected chi connectivity index (χ1v) is 11.3. The zero-order valence-corrected chi connectivity index (χ0v) is 18.8. The fraction of sp³-hybridized carbons (Fsp3) is 0.652. The first-order chi connectivity index (χ1) is 14.6. The molecule has 2 heterocycles. The van der Waals surface area contributed by atoms with Crippen molar-refractivity contribution in [3.8, 4) is 5.75 Å². The standard InChI is InChI=1S/C23H37N5O2/c1-4-24-23(28-16-14-26(15-17-28)19(2)29)25-18-22(27-12-6-5-7-13-27)20-8-10-21(30-3)11-9-20/h8-11,22H,4-7,12-18H2,1-3H3,(H,24,25). The smallest absolute Gasteiger partial charge is 0.219 e. The van der Waals surface area contributed by atoms with Crippen LogP contribution in [0.25, 0.3) is 0 Å². The molecule has 0 bridgehead atoms. The fourth-order valence-electron chi connectivity index (χ4n) is 4.32. The van der Waals surface area contributed by atoms with Crippen LogP contribution in [-0.4, -0.2) is 86.0 Å². The largest absolute Gasteiger partial charge is 0.497 e. The molecule has 1 amide bonds. The van der Waals surface area contributed by atoms with Crippen LogP contribution in [0.4, 0.5) is 0 Å². The zero-order valence-electron chi connectivity index (χ0n) is 18.8. The third kappa shape index (κ3) is 5.88. The monoisotopic (exact) mass is 415 g/mol. The van der Waals surface area contributed by atoms with Crippen molar-refractivity contribution in [3.63, 3.8) is 0 Å². The molecule has 1 unspecified atom stereocenters. The third-order valence-electron chi connectivity index (χ3n) is 6.11. The minimum atomic E-state index is 0.154. The Morgan fingerprint density at radius 3 is 2.23 bits per heavy atom. The Morgan fingerprint density at radius 2 is 1.67 bits per heavy atom. The second-order valence-electron chi connectivity index (χ2n) is 8.07. The van der Waals surface area contributed by atoms with E-state index in [1.807, 2.05) is 17.0 Å². The van der Waals surface area contributed by atoms with Gasteiger partial charge in [0.25, 0.3) is 0 Å². The van der Waals surface area contributed by atoms with E-state index in [0.717, 1.165) is 64.1 Å². The van der Waals surface area contributed by atoms with Crippen LogP contribution in [0.3, 0.4) is 0 Å². The lowest BCUT2D eigenvalue weighted by Gasteiger charge is -2.37. The van der Waals surface area contributed by atoms with Gasteiger partial charge in [-0.25, -0.2) is 0 Å². The molecule has 3 rings (SSSR count). The maximum atomic E-state index is 11.6. The van der Waals surface area contributed by atoms with Gasteiger partial charge < -0.3 is 19.9 Å². The number of nitrogens with one attached hydrogen (secondary N) is 1. The zero-order chi connectivity index (χ0) is 21.3. The number of ether oxygens (including phenoxy) is 1. The number of aliphatic imine (C=N–C) groups is 1. The molecule has 2 aliphatic heterocycles. The molecule has 0 saturated carbocycles. The number of benzene rings is 1. The molecular formula is C23H37N5O2. The topological polar surface area (TPSA) is 60.4 Å². The lowest BCUT2D eigenvalue weighted by atomic mass is 10.0. The van der Waals surface area contributed by atoms with Crippen LogP contribution >= 0.6 is 0 Å². The van der Waals surface area contributed by atoms with Crippen molar-refractivity contribution in [2.75, 3.05) is 59.5 Å². The normalized spacial score (nSPS) is 19.5. The molecular weight excluding hydrogens is 378 g/mol. The van der Waals surface area contributed by atoms with E-state index in [1.165, 1.54) is 24.8 Å². The van der Waals surface area contributed by atoms with E-state index < -0.39 is 0 Å². The molecule has 1 atom stereocenters. The summed E-state index contributed by atoms with van der Waals surface area (Å²) < 4.78 is 5.34. The average Bonchev–Trinajstić information content (AvgIpc) is 2.79. The van der Waals surface area contributed by atoms with E-state index in [2.05, 4.69) is 34.2 Å². The van der Waals surface area contributed by atoms with Crippen LogP contribution in [0.1, 0.15) is 44.7 Å². The summed E-state index contributed by atoms with van der Waals surface area (Å²) >= 11 is 0. The van der Waals surface area contributed by atoms with Crippen molar-refractivity contribution in [2.24, 2.45) is 4.99 Å². The van der Waals surface area contributed by atoms with Crippen molar-refractivity contribution >= 4 is 11.9 Å². The molecule has 1 N–H and O–H groups in total. The van der Waals surface area contributed by atoms with Crippen molar-refractivity contribution in [1.82, 2.24) is 20.0 Å². The SMILES string of the molecule is CCNC(=NCC(c1ccc(OC)cc1)N1CCCCC1)N1CCN(C(C)=O)CC1. The maximum Gasteiger partial charge on any atom is 0.219 e. The third-order valence-corrected chi connectivity index (χ3v) is 6.11. The van der Waals surface area contributed by atoms with E-state index in [1.54, 1.807) is 14.0 Å². The number of carbonyl (C=O) groups excluding carboxylic acids is 1. The number of carbonyl (C=O) groups is 1. The van der Waals surface area contributed by atoms with E-state index in [4.69, 9.17) is 9.73 Å². The fourth-order valence-corrected chi connectivity index (χ4v) is 4.32. The summed E-state index contributed by atoms with van der Waals surface area (Å²) in [5.74, 6) is 1.99. The Balaban J connectivity index is 1.74. The van der Waals surface area contributed by atoms with Gasteiger partial charge in [0.2, 0.25) is 5.91 Å². The predicted molar refractivity (Wildman–Crippen MR) is 121 cm³/mol. The molecule has 2 saturated heterocycles. The lowest BCUT2D eigenvalue weighted by molar-refractivity contribution is -0.130. The molecule has 0 aliphatic carbocycles. The molecule has 7 nitrogen and oxygen atoms in total. The number of methoxy groups -OCH3 is 1. The second kappa shape index (κ2) is 11.2. The van der Waals surface area contributed by atoms with Gasteiger partial charge in [-0.2, -0.15) is 0 Å². The van der Waals surface area contributed by atoms with Crippen molar-refractivity contribution in [3.05, 3.63) is 29.8 Å². The minimum Gasteiger partial charge on any atom is -0.497 e.